The van der Waals surface area contributed by atoms with Crippen LogP contribution in [-0.2, 0) is 0 Å². The minimum absolute atomic E-state index is 0.130. The van der Waals surface area contributed by atoms with E-state index >= 15 is 0 Å². The zero-order valence-electron chi connectivity index (χ0n) is 17.6. The number of aliphatic hydroxyl groups excluding tert-OH is 1. The third kappa shape index (κ3) is 5.11. The van der Waals surface area contributed by atoms with Crippen LogP contribution in [0.1, 0.15) is 13.8 Å². The van der Waals surface area contributed by atoms with Gasteiger partial charge in [-0.2, -0.15) is 0 Å². The van der Waals surface area contributed by atoms with Crippen LogP contribution in [0.25, 0.3) is 22.3 Å². The lowest BCUT2D eigenvalue weighted by Gasteiger charge is -2.15. The monoisotopic (exact) mass is 413 g/mol. The molecule has 2 N–H and O–H groups in total. The Kier molecular flexibility index (Phi) is 6.97. The van der Waals surface area contributed by atoms with Crippen molar-refractivity contribution in [2.45, 2.75) is 26.0 Å². The number of methoxy groups -OCH3 is 2. The normalized spacial score (nSPS) is 12.2. The quantitative estimate of drug-likeness (QED) is 0.557. The molecule has 30 heavy (non-hydrogen) atoms. The van der Waals surface area contributed by atoms with Gasteiger partial charge >= 0.3 is 0 Å². The molecular formula is C23H27NO6. The SMILES string of the molecule is COc1ccc(-c2cc(=O)c3ccc(OCC(O)CNC(C)C)cc3o2)cc1OC. The summed E-state index contributed by atoms with van der Waals surface area (Å²) in [6.45, 7) is 4.58. The Morgan fingerprint density at radius 2 is 1.80 bits per heavy atom. The molecule has 1 atom stereocenters. The number of nitrogens with one attached hydrogen (secondary N) is 1. The van der Waals surface area contributed by atoms with Crippen molar-refractivity contribution < 1.29 is 23.7 Å². The first-order valence-corrected chi connectivity index (χ1v) is 9.75. The molecule has 1 unspecified atom stereocenters. The van der Waals surface area contributed by atoms with E-state index in [0.717, 1.165) is 0 Å². The first kappa shape index (κ1) is 21.7. The zero-order valence-corrected chi connectivity index (χ0v) is 17.6. The van der Waals surface area contributed by atoms with Gasteiger partial charge in [0.15, 0.2) is 16.9 Å². The summed E-state index contributed by atoms with van der Waals surface area (Å²) >= 11 is 0. The molecule has 0 saturated carbocycles. The van der Waals surface area contributed by atoms with Crippen LogP contribution in [0, 0.1) is 0 Å². The summed E-state index contributed by atoms with van der Waals surface area (Å²) in [6, 6.07) is 12.0. The van der Waals surface area contributed by atoms with Gasteiger partial charge < -0.3 is 29.1 Å². The van der Waals surface area contributed by atoms with Crippen LogP contribution in [0.3, 0.4) is 0 Å². The van der Waals surface area contributed by atoms with Crippen molar-refractivity contribution in [3.05, 3.63) is 52.7 Å². The number of hydrogen-bond acceptors (Lipinski definition) is 7. The fraction of sp³-hybridized carbons (Fsp3) is 0.348. The van der Waals surface area contributed by atoms with E-state index in [-0.39, 0.29) is 18.1 Å². The highest BCUT2D eigenvalue weighted by atomic mass is 16.5. The van der Waals surface area contributed by atoms with Crippen LogP contribution in [0.5, 0.6) is 17.2 Å². The van der Waals surface area contributed by atoms with E-state index in [9.17, 15) is 9.90 Å². The Morgan fingerprint density at radius 1 is 1.03 bits per heavy atom. The predicted molar refractivity (Wildman–Crippen MR) is 116 cm³/mol. The third-order valence-electron chi connectivity index (χ3n) is 4.57. The van der Waals surface area contributed by atoms with Crippen LogP contribution >= 0.6 is 0 Å². The minimum Gasteiger partial charge on any atom is -0.493 e. The fourth-order valence-electron chi connectivity index (χ4n) is 2.98. The average Bonchev–Trinajstić information content (AvgIpc) is 2.75. The van der Waals surface area contributed by atoms with Gasteiger partial charge in [0.1, 0.15) is 29.8 Å². The Balaban J connectivity index is 1.86. The average molecular weight is 413 g/mol. The molecule has 0 aliphatic carbocycles. The van der Waals surface area contributed by atoms with Gasteiger partial charge in [-0.25, -0.2) is 0 Å². The minimum atomic E-state index is -0.645. The number of aliphatic hydroxyl groups is 1. The standard InChI is InChI=1S/C23H27NO6/c1-14(2)24-12-16(25)13-29-17-6-7-18-19(26)11-21(30-22(18)10-17)15-5-8-20(27-3)23(9-15)28-4/h5-11,14,16,24-25H,12-13H2,1-4H3. The van der Waals surface area contributed by atoms with E-state index in [4.69, 9.17) is 18.6 Å². The van der Waals surface area contributed by atoms with Crippen molar-refractivity contribution >= 4 is 11.0 Å². The first-order valence-electron chi connectivity index (χ1n) is 9.75. The van der Waals surface area contributed by atoms with E-state index in [1.165, 1.54) is 6.07 Å². The Bertz CT molecular complexity index is 1060. The fourth-order valence-corrected chi connectivity index (χ4v) is 2.98. The van der Waals surface area contributed by atoms with Gasteiger partial charge in [0.25, 0.3) is 0 Å². The van der Waals surface area contributed by atoms with Gasteiger partial charge in [0.2, 0.25) is 0 Å². The molecule has 0 amide bonds. The molecular weight excluding hydrogens is 386 g/mol. The number of benzene rings is 2. The summed E-state index contributed by atoms with van der Waals surface area (Å²) in [5, 5.41) is 13.6. The molecule has 0 radical (unpaired) electrons. The second-order valence-electron chi connectivity index (χ2n) is 7.23. The van der Waals surface area contributed by atoms with Crippen molar-refractivity contribution in [1.82, 2.24) is 5.32 Å². The summed E-state index contributed by atoms with van der Waals surface area (Å²) in [4.78, 5) is 12.6. The number of fused-ring (bicyclic) bond motifs is 1. The van der Waals surface area contributed by atoms with Gasteiger partial charge in [0, 0.05) is 30.3 Å². The van der Waals surface area contributed by atoms with Crippen molar-refractivity contribution in [3.63, 3.8) is 0 Å². The molecule has 7 heteroatoms. The molecule has 7 nitrogen and oxygen atoms in total. The molecule has 1 aromatic heterocycles. The van der Waals surface area contributed by atoms with Crippen LogP contribution in [0.15, 0.2) is 51.7 Å². The van der Waals surface area contributed by atoms with Crippen molar-refractivity contribution in [2.75, 3.05) is 27.4 Å². The van der Waals surface area contributed by atoms with Crippen molar-refractivity contribution in [1.29, 1.82) is 0 Å². The van der Waals surface area contributed by atoms with Gasteiger partial charge in [-0.3, -0.25) is 4.79 Å². The van der Waals surface area contributed by atoms with Crippen molar-refractivity contribution in [3.8, 4) is 28.6 Å². The molecule has 1 heterocycles. The second kappa shape index (κ2) is 9.65. The molecule has 0 spiro atoms. The third-order valence-corrected chi connectivity index (χ3v) is 4.57. The second-order valence-corrected chi connectivity index (χ2v) is 7.23. The molecule has 0 saturated heterocycles. The smallest absolute Gasteiger partial charge is 0.193 e. The van der Waals surface area contributed by atoms with Crippen molar-refractivity contribution in [2.24, 2.45) is 0 Å². The molecule has 0 bridgehead atoms. The lowest BCUT2D eigenvalue weighted by atomic mass is 10.1. The molecule has 160 valence electrons. The topological polar surface area (TPSA) is 90.2 Å². The number of rotatable bonds is 9. The maximum Gasteiger partial charge on any atom is 0.193 e. The number of ether oxygens (including phenoxy) is 3. The summed E-state index contributed by atoms with van der Waals surface area (Å²) in [6.07, 6.45) is -0.645. The molecule has 3 aromatic rings. The van der Waals surface area contributed by atoms with Crippen LogP contribution in [0.2, 0.25) is 0 Å². The van der Waals surface area contributed by atoms with E-state index in [0.29, 0.717) is 46.1 Å². The lowest BCUT2D eigenvalue weighted by molar-refractivity contribution is 0.104. The van der Waals surface area contributed by atoms with E-state index < -0.39 is 6.10 Å². The Hall–Kier alpha value is -3.03. The van der Waals surface area contributed by atoms with E-state index in [2.05, 4.69) is 5.32 Å². The maximum absolute atomic E-state index is 12.6. The summed E-state index contributed by atoms with van der Waals surface area (Å²) in [7, 11) is 3.11. The highest BCUT2D eigenvalue weighted by Crippen LogP contribution is 2.33. The summed E-state index contributed by atoms with van der Waals surface area (Å²) in [5.74, 6) is 2.05. The van der Waals surface area contributed by atoms with Gasteiger partial charge in [-0.05, 0) is 30.3 Å². The van der Waals surface area contributed by atoms with E-state index in [1.54, 1.807) is 50.6 Å². The van der Waals surface area contributed by atoms with Crippen LogP contribution in [-0.4, -0.2) is 44.6 Å². The highest BCUT2D eigenvalue weighted by Gasteiger charge is 2.12. The predicted octanol–water partition coefficient (Wildman–Crippen LogP) is 3.21. The van der Waals surface area contributed by atoms with Gasteiger partial charge in [-0.15, -0.1) is 0 Å². The molecule has 3 rings (SSSR count). The maximum atomic E-state index is 12.6. The molecule has 0 fully saturated rings. The summed E-state index contributed by atoms with van der Waals surface area (Å²) < 4.78 is 22.2. The first-order chi connectivity index (χ1) is 14.4. The Morgan fingerprint density at radius 3 is 2.50 bits per heavy atom. The Labute approximate surface area is 175 Å². The number of hydrogen-bond donors (Lipinski definition) is 2. The lowest BCUT2D eigenvalue weighted by Crippen LogP contribution is -2.35. The summed E-state index contributed by atoms with van der Waals surface area (Å²) in [5.41, 5.74) is 0.932. The van der Waals surface area contributed by atoms with Crippen LogP contribution in [0.4, 0.5) is 0 Å². The molecule has 0 aliphatic rings. The van der Waals surface area contributed by atoms with Gasteiger partial charge in [0.05, 0.1) is 19.6 Å². The molecule has 0 aliphatic heterocycles. The van der Waals surface area contributed by atoms with E-state index in [1.807, 2.05) is 13.8 Å². The molecule has 2 aromatic carbocycles. The zero-order chi connectivity index (χ0) is 21.7. The highest BCUT2D eigenvalue weighted by molar-refractivity contribution is 5.80. The van der Waals surface area contributed by atoms with Crippen LogP contribution < -0.4 is 25.0 Å². The largest absolute Gasteiger partial charge is 0.493 e. The van der Waals surface area contributed by atoms with Gasteiger partial charge in [-0.1, -0.05) is 13.8 Å².